The molecule has 1 N–H and O–H groups in total. The number of hydrogen-bond donors (Lipinski definition) is 1. The highest BCUT2D eigenvalue weighted by Crippen LogP contribution is 2.47. The van der Waals surface area contributed by atoms with Crippen molar-refractivity contribution < 1.29 is 27.8 Å². The fourth-order valence-electron chi connectivity index (χ4n) is 6.13. The van der Waals surface area contributed by atoms with E-state index in [0.29, 0.717) is 60.0 Å². The molecule has 38 heavy (non-hydrogen) atoms. The van der Waals surface area contributed by atoms with Crippen LogP contribution in [0.15, 0.2) is 36.5 Å². The summed E-state index contributed by atoms with van der Waals surface area (Å²) in [7, 11) is 2.84. The molecule has 2 aromatic carbocycles. The Kier molecular flexibility index (Phi) is 6.39. The van der Waals surface area contributed by atoms with E-state index < -0.39 is 5.82 Å². The van der Waals surface area contributed by atoms with Crippen LogP contribution in [0.4, 0.5) is 8.78 Å². The summed E-state index contributed by atoms with van der Waals surface area (Å²) >= 11 is 0. The van der Waals surface area contributed by atoms with E-state index in [9.17, 15) is 9.18 Å². The van der Waals surface area contributed by atoms with Crippen molar-refractivity contribution in [2.24, 2.45) is 5.92 Å². The molecule has 0 amide bonds. The highest BCUT2D eigenvalue weighted by Gasteiger charge is 2.34. The van der Waals surface area contributed by atoms with E-state index in [0.717, 1.165) is 29.7 Å². The van der Waals surface area contributed by atoms with Gasteiger partial charge in [-0.3, -0.25) is 9.89 Å². The van der Waals surface area contributed by atoms with Crippen molar-refractivity contribution in [3.63, 3.8) is 0 Å². The fraction of sp³-hybridized carbons (Fsp3) is 0.379. The summed E-state index contributed by atoms with van der Waals surface area (Å²) in [5.41, 5.74) is 4.57. The number of benzene rings is 2. The number of rotatable bonds is 5. The van der Waals surface area contributed by atoms with Crippen LogP contribution in [0, 0.1) is 17.6 Å². The summed E-state index contributed by atoms with van der Waals surface area (Å²) in [5.74, 6) is -1.04. The van der Waals surface area contributed by atoms with Gasteiger partial charge < -0.3 is 18.8 Å². The SMILES string of the molecule is COC(=O)C1CCC(c2c(C3=CCOCC3)n(-c3ccc(F)c(OC)c3)c3cc4cn[nH]c4c(F)c23)CC1. The normalized spacial score (nSPS) is 20.1. The maximum Gasteiger partial charge on any atom is 0.308 e. The third-order valence-corrected chi connectivity index (χ3v) is 7.98. The van der Waals surface area contributed by atoms with Crippen molar-refractivity contribution in [1.82, 2.24) is 14.8 Å². The zero-order valence-corrected chi connectivity index (χ0v) is 21.4. The van der Waals surface area contributed by atoms with Crippen molar-refractivity contribution in [3.8, 4) is 11.4 Å². The zero-order valence-electron chi connectivity index (χ0n) is 21.4. The minimum atomic E-state index is -0.468. The fourth-order valence-corrected chi connectivity index (χ4v) is 6.13. The number of halogens is 2. The number of esters is 1. The van der Waals surface area contributed by atoms with Crippen LogP contribution in [0.25, 0.3) is 33.1 Å². The molecule has 1 aliphatic heterocycles. The minimum Gasteiger partial charge on any atom is -0.494 e. The molecule has 1 fully saturated rings. The molecule has 2 aliphatic rings. The Hall–Kier alpha value is -3.72. The summed E-state index contributed by atoms with van der Waals surface area (Å²) < 4.78 is 48.7. The van der Waals surface area contributed by atoms with E-state index >= 15 is 4.39 Å². The highest BCUT2D eigenvalue weighted by atomic mass is 19.1. The molecule has 0 saturated heterocycles. The van der Waals surface area contributed by atoms with Gasteiger partial charge in [-0.15, -0.1) is 0 Å². The topological polar surface area (TPSA) is 78.4 Å². The van der Waals surface area contributed by atoms with Gasteiger partial charge in [0, 0.05) is 16.8 Å². The number of nitrogens with one attached hydrogen (secondary N) is 1. The number of nitrogens with zero attached hydrogens (tertiary/aromatic N) is 2. The highest BCUT2D eigenvalue weighted by molar-refractivity contribution is 6.01. The number of methoxy groups -OCH3 is 2. The van der Waals surface area contributed by atoms with Gasteiger partial charge in [0.25, 0.3) is 0 Å². The number of aromatic nitrogens is 3. The predicted octanol–water partition coefficient (Wildman–Crippen LogP) is 6.04. The van der Waals surface area contributed by atoms with Gasteiger partial charge in [-0.1, -0.05) is 6.08 Å². The molecule has 0 unspecified atom stereocenters. The number of carbonyl (C=O) groups is 1. The standard InChI is InChI=1S/C29H29F2N3O4/c1-36-23-14-20(7-8-21(23)30)34-22-13-19-15-32-33-27(19)26(31)25(22)24(28(34)17-9-11-38-12-10-17)16-3-5-18(6-4-16)29(35)37-2/h7-9,13-16,18H,3-6,10-12H2,1-2H3,(H,32,33). The Morgan fingerprint density at radius 3 is 2.68 bits per heavy atom. The second-order valence-corrected chi connectivity index (χ2v) is 9.96. The maximum atomic E-state index is 16.4. The Morgan fingerprint density at radius 1 is 1.16 bits per heavy atom. The summed E-state index contributed by atoms with van der Waals surface area (Å²) in [6.07, 6.45) is 7.11. The largest absolute Gasteiger partial charge is 0.494 e. The van der Waals surface area contributed by atoms with Gasteiger partial charge in [0.2, 0.25) is 0 Å². The summed E-state index contributed by atoms with van der Waals surface area (Å²) in [6, 6.07) is 6.64. The number of hydrogen-bond acceptors (Lipinski definition) is 5. The van der Waals surface area contributed by atoms with Crippen molar-refractivity contribution >= 4 is 33.3 Å². The molecule has 0 bridgehead atoms. The van der Waals surface area contributed by atoms with Crippen molar-refractivity contribution in [2.75, 3.05) is 27.4 Å². The molecule has 1 aliphatic carbocycles. The predicted molar refractivity (Wildman–Crippen MR) is 140 cm³/mol. The van der Waals surface area contributed by atoms with E-state index in [1.165, 1.54) is 20.3 Å². The average molecular weight is 522 g/mol. The first-order valence-corrected chi connectivity index (χ1v) is 12.9. The van der Waals surface area contributed by atoms with E-state index in [1.54, 1.807) is 18.3 Å². The molecule has 4 aromatic rings. The molecule has 198 valence electrons. The molecular weight excluding hydrogens is 492 g/mol. The molecule has 3 heterocycles. The smallest absolute Gasteiger partial charge is 0.308 e. The number of carbonyl (C=O) groups excluding carboxylic acids is 1. The maximum absolute atomic E-state index is 16.4. The summed E-state index contributed by atoms with van der Waals surface area (Å²) in [4.78, 5) is 12.2. The van der Waals surface area contributed by atoms with E-state index in [1.807, 2.05) is 16.7 Å². The number of ether oxygens (including phenoxy) is 3. The van der Waals surface area contributed by atoms with Crippen LogP contribution in [0.5, 0.6) is 5.75 Å². The molecule has 7 nitrogen and oxygen atoms in total. The van der Waals surface area contributed by atoms with Crippen LogP contribution in [0.3, 0.4) is 0 Å². The number of fused-ring (bicyclic) bond motifs is 2. The molecule has 0 spiro atoms. The minimum absolute atomic E-state index is 0.0237. The van der Waals surface area contributed by atoms with Crippen LogP contribution in [0.2, 0.25) is 0 Å². The monoisotopic (exact) mass is 521 g/mol. The third kappa shape index (κ3) is 3.96. The van der Waals surface area contributed by atoms with E-state index in [-0.39, 0.29) is 29.4 Å². The van der Waals surface area contributed by atoms with Crippen LogP contribution in [-0.4, -0.2) is 48.2 Å². The van der Waals surface area contributed by atoms with Gasteiger partial charge in [-0.25, -0.2) is 8.78 Å². The van der Waals surface area contributed by atoms with Crippen LogP contribution in [-0.2, 0) is 14.3 Å². The number of H-pyrrole nitrogens is 1. The first-order valence-electron chi connectivity index (χ1n) is 12.9. The quantitative estimate of drug-likeness (QED) is 0.324. The van der Waals surface area contributed by atoms with Gasteiger partial charge in [0.05, 0.1) is 56.4 Å². The lowest BCUT2D eigenvalue weighted by molar-refractivity contribution is -0.146. The zero-order chi connectivity index (χ0) is 26.4. The van der Waals surface area contributed by atoms with Gasteiger partial charge in [-0.2, -0.15) is 5.10 Å². The summed E-state index contributed by atoms with van der Waals surface area (Å²) in [6.45, 7) is 1.02. The Morgan fingerprint density at radius 2 is 1.97 bits per heavy atom. The lowest BCUT2D eigenvalue weighted by Gasteiger charge is -2.29. The summed E-state index contributed by atoms with van der Waals surface area (Å²) in [5, 5.41) is 8.06. The molecule has 6 rings (SSSR count). The lowest BCUT2D eigenvalue weighted by Crippen LogP contribution is -2.22. The molecule has 2 aromatic heterocycles. The van der Waals surface area contributed by atoms with Crippen molar-refractivity contribution in [1.29, 1.82) is 0 Å². The van der Waals surface area contributed by atoms with Crippen molar-refractivity contribution in [3.05, 3.63) is 59.4 Å². The Bertz CT molecular complexity index is 1560. The van der Waals surface area contributed by atoms with Crippen LogP contribution < -0.4 is 4.74 Å². The van der Waals surface area contributed by atoms with E-state index in [2.05, 4.69) is 10.2 Å². The van der Waals surface area contributed by atoms with Gasteiger partial charge >= 0.3 is 5.97 Å². The van der Waals surface area contributed by atoms with Gasteiger partial charge in [0.1, 0.15) is 5.52 Å². The third-order valence-electron chi connectivity index (χ3n) is 7.98. The lowest BCUT2D eigenvalue weighted by atomic mass is 9.77. The average Bonchev–Trinajstić information content (AvgIpc) is 3.57. The van der Waals surface area contributed by atoms with Crippen LogP contribution >= 0.6 is 0 Å². The first-order chi connectivity index (χ1) is 18.5. The molecule has 9 heteroatoms. The number of aromatic amines is 1. The van der Waals surface area contributed by atoms with Gasteiger partial charge in [-0.05, 0) is 67.4 Å². The van der Waals surface area contributed by atoms with Crippen LogP contribution in [0.1, 0.15) is 49.3 Å². The van der Waals surface area contributed by atoms with E-state index in [4.69, 9.17) is 14.2 Å². The first kappa shape index (κ1) is 24.6. The van der Waals surface area contributed by atoms with Crippen molar-refractivity contribution in [2.45, 2.75) is 38.0 Å². The molecule has 0 radical (unpaired) electrons. The Balaban J connectivity index is 1.65. The second kappa shape index (κ2) is 9.87. The molecular formula is C29H29F2N3O4. The Labute approximate surface area is 218 Å². The molecule has 1 saturated carbocycles. The second-order valence-electron chi connectivity index (χ2n) is 9.96. The molecule has 0 atom stereocenters. The van der Waals surface area contributed by atoms with Gasteiger partial charge in [0.15, 0.2) is 17.4 Å².